The van der Waals surface area contributed by atoms with Gasteiger partial charge in [-0.25, -0.2) is 4.79 Å². The molecule has 5 nitrogen and oxygen atoms in total. The zero-order valence-electron chi connectivity index (χ0n) is 10.2. The molecule has 0 saturated heterocycles. The van der Waals surface area contributed by atoms with Crippen molar-refractivity contribution in [3.05, 3.63) is 23.8 Å². The molecule has 0 aromatic heterocycles. The van der Waals surface area contributed by atoms with Crippen LogP contribution in [0.3, 0.4) is 0 Å². The van der Waals surface area contributed by atoms with Crippen molar-refractivity contribution < 1.29 is 14.7 Å². The van der Waals surface area contributed by atoms with E-state index >= 15 is 0 Å². The third kappa shape index (κ3) is 2.45. The average molecular weight is 248 g/mol. The Morgan fingerprint density at radius 1 is 1.44 bits per heavy atom. The Balaban J connectivity index is 2.26. The Kier molecular flexibility index (Phi) is 3.50. The molecule has 0 spiro atoms. The number of aromatic carboxylic acids is 1. The molecular weight excluding hydrogens is 232 g/mol. The lowest BCUT2D eigenvalue weighted by Gasteiger charge is -2.11. The molecule has 1 aromatic carbocycles. The zero-order chi connectivity index (χ0) is 13.1. The highest BCUT2D eigenvalue weighted by Crippen LogP contribution is 2.27. The van der Waals surface area contributed by atoms with Crippen LogP contribution in [-0.4, -0.2) is 23.5 Å². The SMILES string of the molecule is CCCC1CNc2cc(C(=O)O)ccc2NC1=O. The maximum Gasteiger partial charge on any atom is 0.335 e. The summed E-state index contributed by atoms with van der Waals surface area (Å²) >= 11 is 0. The van der Waals surface area contributed by atoms with Crippen LogP contribution in [0.15, 0.2) is 18.2 Å². The minimum atomic E-state index is -0.972. The number of carbonyl (C=O) groups is 2. The van der Waals surface area contributed by atoms with E-state index in [4.69, 9.17) is 5.11 Å². The highest BCUT2D eigenvalue weighted by atomic mass is 16.4. The highest BCUT2D eigenvalue weighted by molar-refractivity contribution is 5.99. The second kappa shape index (κ2) is 5.08. The van der Waals surface area contributed by atoms with Crippen molar-refractivity contribution in [2.45, 2.75) is 19.8 Å². The van der Waals surface area contributed by atoms with Gasteiger partial charge < -0.3 is 15.7 Å². The van der Waals surface area contributed by atoms with Crippen LogP contribution >= 0.6 is 0 Å². The lowest BCUT2D eigenvalue weighted by molar-refractivity contribution is -0.119. The molecule has 1 aliphatic rings. The standard InChI is InChI=1S/C13H16N2O3/c1-2-3-9-7-14-11-6-8(13(17)18)4-5-10(11)15-12(9)16/h4-6,9,14H,2-3,7H2,1H3,(H,15,16)(H,17,18). The van der Waals surface area contributed by atoms with Crippen molar-refractivity contribution in [1.82, 2.24) is 0 Å². The summed E-state index contributed by atoms with van der Waals surface area (Å²) in [6.07, 6.45) is 1.76. The number of anilines is 2. The van der Waals surface area contributed by atoms with Crippen LogP contribution in [0.5, 0.6) is 0 Å². The van der Waals surface area contributed by atoms with Crippen LogP contribution in [0.2, 0.25) is 0 Å². The topological polar surface area (TPSA) is 78.4 Å². The number of benzene rings is 1. The van der Waals surface area contributed by atoms with E-state index in [9.17, 15) is 9.59 Å². The first kappa shape index (κ1) is 12.4. The Morgan fingerprint density at radius 2 is 2.22 bits per heavy atom. The maximum absolute atomic E-state index is 11.9. The van der Waals surface area contributed by atoms with Crippen molar-refractivity contribution in [2.24, 2.45) is 5.92 Å². The van der Waals surface area contributed by atoms with Crippen LogP contribution in [-0.2, 0) is 4.79 Å². The zero-order valence-corrected chi connectivity index (χ0v) is 10.2. The van der Waals surface area contributed by atoms with Crippen LogP contribution in [0.1, 0.15) is 30.1 Å². The van der Waals surface area contributed by atoms with Crippen molar-refractivity contribution in [2.75, 3.05) is 17.2 Å². The lowest BCUT2D eigenvalue weighted by Crippen LogP contribution is -2.25. The third-order valence-corrected chi connectivity index (χ3v) is 3.07. The van der Waals surface area contributed by atoms with Crippen molar-refractivity contribution in [3.63, 3.8) is 0 Å². The molecule has 18 heavy (non-hydrogen) atoms. The molecule has 0 aliphatic carbocycles. The summed E-state index contributed by atoms with van der Waals surface area (Å²) in [6, 6.07) is 4.66. The van der Waals surface area contributed by atoms with Gasteiger partial charge in [-0.2, -0.15) is 0 Å². The molecule has 1 aliphatic heterocycles. The van der Waals surface area contributed by atoms with Crippen LogP contribution < -0.4 is 10.6 Å². The lowest BCUT2D eigenvalue weighted by atomic mass is 10.0. The minimum Gasteiger partial charge on any atom is -0.478 e. The molecule has 0 bridgehead atoms. The molecule has 1 heterocycles. The van der Waals surface area contributed by atoms with Gasteiger partial charge in [-0.1, -0.05) is 13.3 Å². The summed E-state index contributed by atoms with van der Waals surface area (Å²) in [5, 5.41) is 14.9. The number of carboxylic acids is 1. The van der Waals surface area contributed by atoms with E-state index in [-0.39, 0.29) is 17.4 Å². The molecule has 1 atom stereocenters. The van der Waals surface area contributed by atoms with Gasteiger partial charge in [-0.15, -0.1) is 0 Å². The van der Waals surface area contributed by atoms with Gasteiger partial charge in [0.1, 0.15) is 0 Å². The molecule has 1 unspecified atom stereocenters. The van der Waals surface area contributed by atoms with Gasteiger partial charge in [-0.05, 0) is 24.6 Å². The second-order valence-electron chi connectivity index (χ2n) is 4.42. The normalized spacial score (nSPS) is 18.3. The smallest absolute Gasteiger partial charge is 0.335 e. The van der Waals surface area contributed by atoms with Crippen molar-refractivity contribution in [1.29, 1.82) is 0 Å². The molecule has 0 fully saturated rings. The van der Waals surface area contributed by atoms with Gasteiger partial charge in [0.15, 0.2) is 0 Å². The Morgan fingerprint density at radius 3 is 2.89 bits per heavy atom. The quantitative estimate of drug-likeness (QED) is 0.766. The largest absolute Gasteiger partial charge is 0.478 e. The predicted molar refractivity (Wildman–Crippen MR) is 68.9 cm³/mol. The van der Waals surface area contributed by atoms with Gasteiger partial charge >= 0.3 is 5.97 Å². The third-order valence-electron chi connectivity index (χ3n) is 3.07. The molecule has 5 heteroatoms. The monoisotopic (exact) mass is 248 g/mol. The summed E-state index contributed by atoms with van der Waals surface area (Å²) in [5.41, 5.74) is 1.52. The first-order valence-corrected chi connectivity index (χ1v) is 6.04. The van der Waals surface area contributed by atoms with Gasteiger partial charge in [0, 0.05) is 6.54 Å². The van der Waals surface area contributed by atoms with Gasteiger partial charge in [0.25, 0.3) is 0 Å². The predicted octanol–water partition coefficient (Wildman–Crippen LogP) is 2.17. The van der Waals surface area contributed by atoms with E-state index in [1.807, 2.05) is 6.92 Å². The Hall–Kier alpha value is -2.04. The fourth-order valence-corrected chi connectivity index (χ4v) is 2.07. The van der Waals surface area contributed by atoms with E-state index in [2.05, 4.69) is 10.6 Å². The molecule has 2 rings (SSSR count). The van der Waals surface area contributed by atoms with Gasteiger partial charge in [-0.3, -0.25) is 4.79 Å². The van der Waals surface area contributed by atoms with Gasteiger partial charge in [0.05, 0.1) is 22.9 Å². The fourth-order valence-electron chi connectivity index (χ4n) is 2.07. The molecule has 1 aromatic rings. The van der Waals surface area contributed by atoms with Crippen molar-refractivity contribution in [3.8, 4) is 0 Å². The number of amides is 1. The molecular formula is C13H16N2O3. The number of fused-ring (bicyclic) bond motifs is 1. The first-order valence-electron chi connectivity index (χ1n) is 6.04. The number of nitrogens with one attached hydrogen (secondary N) is 2. The molecule has 3 N–H and O–H groups in total. The van der Waals surface area contributed by atoms with Crippen LogP contribution in [0, 0.1) is 5.92 Å². The molecule has 96 valence electrons. The van der Waals surface area contributed by atoms with E-state index in [1.54, 1.807) is 12.1 Å². The number of hydrogen-bond acceptors (Lipinski definition) is 3. The van der Waals surface area contributed by atoms with E-state index in [0.717, 1.165) is 12.8 Å². The van der Waals surface area contributed by atoms with E-state index in [0.29, 0.717) is 17.9 Å². The Bertz CT molecular complexity index is 485. The van der Waals surface area contributed by atoms with E-state index < -0.39 is 5.97 Å². The number of rotatable bonds is 3. The molecule has 1 amide bonds. The summed E-state index contributed by atoms with van der Waals surface area (Å²) in [7, 11) is 0. The number of hydrogen-bond donors (Lipinski definition) is 3. The highest BCUT2D eigenvalue weighted by Gasteiger charge is 2.22. The molecule has 0 saturated carbocycles. The van der Waals surface area contributed by atoms with Crippen LogP contribution in [0.25, 0.3) is 0 Å². The summed E-state index contributed by atoms with van der Waals surface area (Å²) in [5.74, 6) is -1.05. The van der Waals surface area contributed by atoms with Crippen LogP contribution in [0.4, 0.5) is 11.4 Å². The number of carbonyl (C=O) groups excluding carboxylic acids is 1. The average Bonchev–Trinajstić information content (AvgIpc) is 2.49. The summed E-state index contributed by atoms with van der Waals surface area (Å²) in [4.78, 5) is 22.8. The number of carboxylic acid groups (broad SMARTS) is 1. The first-order chi connectivity index (χ1) is 8.61. The summed E-state index contributed by atoms with van der Waals surface area (Å²) in [6.45, 7) is 2.57. The fraction of sp³-hybridized carbons (Fsp3) is 0.385. The van der Waals surface area contributed by atoms with Gasteiger partial charge in [0.2, 0.25) is 5.91 Å². The van der Waals surface area contributed by atoms with E-state index in [1.165, 1.54) is 6.07 Å². The summed E-state index contributed by atoms with van der Waals surface area (Å²) < 4.78 is 0. The Labute approximate surface area is 105 Å². The minimum absolute atomic E-state index is 0.00817. The second-order valence-corrected chi connectivity index (χ2v) is 4.42. The maximum atomic E-state index is 11.9. The van der Waals surface area contributed by atoms with Crippen molar-refractivity contribution >= 4 is 23.3 Å². The molecule has 0 radical (unpaired) electrons.